The molecule has 1 aromatic carbocycles. The van der Waals surface area contributed by atoms with Crippen LogP contribution in [0.15, 0.2) is 71.5 Å². The molecular formula is C20H20N2O3. The van der Waals surface area contributed by atoms with E-state index in [9.17, 15) is 9.90 Å². The number of furan rings is 1. The van der Waals surface area contributed by atoms with Crippen LogP contribution >= 0.6 is 0 Å². The molecule has 128 valence electrons. The molecule has 0 aliphatic rings. The van der Waals surface area contributed by atoms with E-state index in [-0.39, 0.29) is 12.5 Å². The smallest absolute Gasteiger partial charge is 0.255 e. The molecular weight excluding hydrogens is 316 g/mol. The third-order valence-electron chi connectivity index (χ3n) is 3.93. The molecule has 3 rings (SSSR count). The molecule has 5 heteroatoms. The van der Waals surface area contributed by atoms with Crippen molar-refractivity contribution in [2.24, 2.45) is 0 Å². The number of benzene rings is 1. The first-order chi connectivity index (χ1) is 12.1. The molecule has 0 spiro atoms. The third kappa shape index (κ3) is 4.33. The largest absolute Gasteiger partial charge is 0.467 e. The van der Waals surface area contributed by atoms with E-state index in [4.69, 9.17) is 4.42 Å². The van der Waals surface area contributed by atoms with Gasteiger partial charge in [0.15, 0.2) is 0 Å². The predicted molar refractivity (Wildman–Crippen MR) is 93.8 cm³/mol. The minimum Gasteiger partial charge on any atom is -0.467 e. The number of aliphatic hydroxyl groups excluding tert-OH is 1. The first-order valence-electron chi connectivity index (χ1n) is 8.11. The maximum Gasteiger partial charge on any atom is 0.255 e. The second kappa shape index (κ2) is 7.77. The summed E-state index contributed by atoms with van der Waals surface area (Å²) >= 11 is 0. The summed E-state index contributed by atoms with van der Waals surface area (Å²) in [7, 11) is 0. The van der Waals surface area contributed by atoms with Gasteiger partial charge in [-0.25, -0.2) is 0 Å². The van der Waals surface area contributed by atoms with E-state index in [2.05, 4.69) is 4.98 Å². The Morgan fingerprint density at radius 2 is 1.96 bits per heavy atom. The number of aliphatic hydroxyl groups is 1. The van der Waals surface area contributed by atoms with E-state index in [1.807, 2.05) is 37.3 Å². The molecule has 1 atom stereocenters. The van der Waals surface area contributed by atoms with Crippen molar-refractivity contribution < 1.29 is 14.3 Å². The number of aryl methyl sites for hydroxylation is 1. The van der Waals surface area contributed by atoms with Crippen LogP contribution < -0.4 is 0 Å². The van der Waals surface area contributed by atoms with Gasteiger partial charge in [-0.1, -0.05) is 30.3 Å². The molecule has 1 N–H and O–H groups in total. The summed E-state index contributed by atoms with van der Waals surface area (Å²) in [5.74, 6) is 0.259. The Hall–Kier alpha value is -2.92. The van der Waals surface area contributed by atoms with Gasteiger partial charge in [-0.15, -0.1) is 0 Å². The van der Waals surface area contributed by atoms with Crippen molar-refractivity contribution in [2.45, 2.75) is 19.6 Å². The number of carbonyl (C=O) groups is 1. The van der Waals surface area contributed by atoms with Crippen LogP contribution in [0.25, 0.3) is 0 Å². The minimum absolute atomic E-state index is 0.134. The van der Waals surface area contributed by atoms with E-state index in [0.29, 0.717) is 17.9 Å². The first-order valence-corrected chi connectivity index (χ1v) is 8.11. The molecule has 0 fully saturated rings. The third-order valence-corrected chi connectivity index (χ3v) is 3.93. The second-order valence-electron chi connectivity index (χ2n) is 5.89. The Balaban J connectivity index is 1.82. The van der Waals surface area contributed by atoms with Crippen molar-refractivity contribution >= 4 is 5.91 Å². The van der Waals surface area contributed by atoms with Crippen LogP contribution in [0.3, 0.4) is 0 Å². The Morgan fingerprint density at radius 1 is 1.16 bits per heavy atom. The number of amides is 1. The lowest BCUT2D eigenvalue weighted by molar-refractivity contribution is 0.0563. The van der Waals surface area contributed by atoms with Crippen molar-refractivity contribution in [3.8, 4) is 0 Å². The highest BCUT2D eigenvalue weighted by Gasteiger charge is 2.22. The van der Waals surface area contributed by atoms with Crippen LogP contribution in [0.2, 0.25) is 0 Å². The maximum absolute atomic E-state index is 12.9. The molecule has 5 nitrogen and oxygen atoms in total. The fourth-order valence-corrected chi connectivity index (χ4v) is 2.58. The molecule has 0 saturated carbocycles. The van der Waals surface area contributed by atoms with Gasteiger partial charge < -0.3 is 14.4 Å². The first kappa shape index (κ1) is 16.9. The van der Waals surface area contributed by atoms with Gasteiger partial charge >= 0.3 is 0 Å². The highest BCUT2D eigenvalue weighted by Crippen LogP contribution is 2.18. The molecule has 3 aromatic rings. The summed E-state index contributed by atoms with van der Waals surface area (Å²) < 4.78 is 5.25. The summed E-state index contributed by atoms with van der Waals surface area (Å²) in [6, 6.07) is 16.6. The van der Waals surface area contributed by atoms with Crippen molar-refractivity contribution in [1.82, 2.24) is 9.88 Å². The number of hydrogen-bond donors (Lipinski definition) is 1. The van der Waals surface area contributed by atoms with Crippen LogP contribution in [-0.2, 0) is 6.54 Å². The standard InChI is InChI=1S/C20H20N2O3/c1-15-9-10-17(12-21-15)20(24)22(13-16-6-3-2-4-7-16)14-18(23)19-8-5-11-25-19/h2-12,18,23H,13-14H2,1H3/t18-/m1/s1. The summed E-state index contributed by atoms with van der Waals surface area (Å²) in [4.78, 5) is 18.7. The Morgan fingerprint density at radius 3 is 2.60 bits per heavy atom. The van der Waals surface area contributed by atoms with Gasteiger partial charge in [0.1, 0.15) is 11.9 Å². The van der Waals surface area contributed by atoms with Crippen molar-refractivity contribution in [3.05, 3.63) is 89.6 Å². The molecule has 0 saturated heterocycles. The fourth-order valence-electron chi connectivity index (χ4n) is 2.58. The van der Waals surface area contributed by atoms with E-state index in [1.54, 1.807) is 35.4 Å². The quantitative estimate of drug-likeness (QED) is 0.749. The molecule has 0 aliphatic carbocycles. The molecule has 0 aliphatic heterocycles. The normalized spacial score (nSPS) is 11.9. The van der Waals surface area contributed by atoms with Crippen LogP contribution in [0.1, 0.15) is 33.5 Å². The zero-order valence-corrected chi connectivity index (χ0v) is 14.0. The summed E-state index contributed by atoms with van der Waals surface area (Å²) in [6.07, 6.45) is 2.18. The second-order valence-corrected chi connectivity index (χ2v) is 5.89. The Labute approximate surface area is 146 Å². The van der Waals surface area contributed by atoms with Crippen LogP contribution in [0.4, 0.5) is 0 Å². The number of rotatable bonds is 6. The van der Waals surface area contributed by atoms with Crippen LogP contribution in [0.5, 0.6) is 0 Å². The lowest BCUT2D eigenvalue weighted by Crippen LogP contribution is -2.34. The molecule has 0 radical (unpaired) electrons. The van der Waals surface area contributed by atoms with Crippen molar-refractivity contribution in [1.29, 1.82) is 0 Å². The SMILES string of the molecule is Cc1ccc(C(=O)N(Cc2ccccc2)C[C@@H](O)c2ccco2)cn1. The zero-order valence-electron chi connectivity index (χ0n) is 14.0. The van der Waals surface area contributed by atoms with Crippen molar-refractivity contribution in [3.63, 3.8) is 0 Å². The highest BCUT2D eigenvalue weighted by atomic mass is 16.4. The average molecular weight is 336 g/mol. The Bertz CT molecular complexity index is 799. The lowest BCUT2D eigenvalue weighted by Gasteiger charge is -2.25. The van der Waals surface area contributed by atoms with Gasteiger partial charge in [0.25, 0.3) is 5.91 Å². The monoisotopic (exact) mass is 336 g/mol. The van der Waals surface area contributed by atoms with Gasteiger partial charge in [0, 0.05) is 18.4 Å². The number of carbonyl (C=O) groups excluding carboxylic acids is 1. The number of aromatic nitrogens is 1. The highest BCUT2D eigenvalue weighted by molar-refractivity contribution is 5.93. The topological polar surface area (TPSA) is 66.6 Å². The molecule has 2 aromatic heterocycles. The molecule has 2 heterocycles. The number of nitrogens with zero attached hydrogens (tertiary/aromatic N) is 2. The molecule has 0 unspecified atom stereocenters. The molecule has 25 heavy (non-hydrogen) atoms. The van der Waals surface area contributed by atoms with E-state index in [0.717, 1.165) is 11.3 Å². The van der Waals surface area contributed by atoms with Crippen LogP contribution in [0, 0.1) is 6.92 Å². The van der Waals surface area contributed by atoms with E-state index < -0.39 is 6.10 Å². The lowest BCUT2D eigenvalue weighted by atomic mass is 10.1. The van der Waals surface area contributed by atoms with E-state index >= 15 is 0 Å². The van der Waals surface area contributed by atoms with Gasteiger partial charge in [0.2, 0.25) is 0 Å². The van der Waals surface area contributed by atoms with E-state index in [1.165, 1.54) is 6.26 Å². The number of hydrogen-bond acceptors (Lipinski definition) is 4. The summed E-state index contributed by atoms with van der Waals surface area (Å²) in [5, 5.41) is 10.4. The fraction of sp³-hybridized carbons (Fsp3) is 0.200. The van der Waals surface area contributed by atoms with Gasteiger partial charge in [0.05, 0.1) is 18.4 Å². The molecule has 1 amide bonds. The van der Waals surface area contributed by atoms with Gasteiger partial charge in [-0.05, 0) is 36.8 Å². The Kier molecular flexibility index (Phi) is 5.26. The van der Waals surface area contributed by atoms with Gasteiger partial charge in [-0.2, -0.15) is 0 Å². The van der Waals surface area contributed by atoms with Crippen molar-refractivity contribution in [2.75, 3.05) is 6.54 Å². The van der Waals surface area contributed by atoms with Gasteiger partial charge in [-0.3, -0.25) is 9.78 Å². The number of pyridine rings is 1. The summed E-state index contributed by atoms with van der Waals surface area (Å²) in [5.41, 5.74) is 2.33. The van der Waals surface area contributed by atoms with Crippen LogP contribution in [-0.4, -0.2) is 27.4 Å². The molecule has 0 bridgehead atoms. The predicted octanol–water partition coefficient (Wildman–Crippen LogP) is 3.36. The zero-order chi connectivity index (χ0) is 17.6. The maximum atomic E-state index is 12.9. The average Bonchev–Trinajstić information content (AvgIpc) is 3.17. The minimum atomic E-state index is -0.888. The summed E-state index contributed by atoms with van der Waals surface area (Å²) in [6.45, 7) is 2.40.